The summed E-state index contributed by atoms with van der Waals surface area (Å²) in [5, 5.41) is 16.8. The molecule has 0 bridgehead atoms. The highest BCUT2D eigenvalue weighted by atomic mass is 32.2. The number of hydrogen-bond donors (Lipinski definition) is 0. The summed E-state index contributed by atoms with van der Waals surface area (Å²) in [6, 6.07) is 13.7. The Hall–Kier alpha value is -2.98. The number of carbonyl (C=O) groups is 2. The van der Waals surface area contributed by atoms with E-state index in [-0.39, 0.29) is 18.3 Å². The van der Waals surface area contributed by atoms with Crippen LogP contribution in [0.4, 0.5) is 0 Å². The molecule has 0 radical (unpaired) electrons. The van der Waals surface area contributed by atoms with Gasteiger partial charge >= 0.3 is 5.97 Å². The molecule has 3 heterocycles. The molecule has 31 heavy (non-hydrogen) atoms. The zero-order valence-corrected chi connectivity index (χ0v) is 18.6. The van der Waals surface area contributed by atoms with Crippen LogP contribution in [0.3, 0.4) is 0 Å². The number of thiophene rings is 1. The normalized spacial score (nSPS) is 13.3. The van der Waals surface area contributed by atoms with Crippen molar-refractivity contribution in [2.45, 2.75) is 25.0 Å². The summed E-state index contributed by atoms with van der Waals surface area (Å²) in [7, 11) is 0. The maximum atomic E-state index is 12.3. The second kappa shape index (κ2) is 9.88. The summed E-state index contributed by atoms with van der Waals surface area (Å²) >= 11 is 2.83. The van der Waals surface area contributed by atoms with E-state index >= 15 is 0 Å². The highest BCUT2D eigenvalue weighted by Gasteiger charge is 2.23. The molecule has 160 valence electrons. The Bertz CT molecular complexity index is 1080. The van der Waals surface area contributed by atoms with Crippen molar-refractivity contribution in [1.29, 1.82) is 0 Å². The van der Waals surface area contributed by atoms with Gasteiger partial charge in [0.05, 0.1) is 22.9 Å². The van der Waals surface area contributed by atoms with Crippen molar-refractivity contribution >= 4 is 40.7 Å². The molecule has 1 amide bonds. The molecule has 0 unspecified atom stereocenters. The van der Waals surface area contributed by atoms with Gasteiger partial charge in [-0.1, -0.05) is 48.2 Å². The van der Waals surface area contributed by atoms with E-state index in [0.717, 1.165) is 22.0 Å². The minimum absolute atomic E-state index is 0.0500. The SMILES string of the molecule is CCn1c(SCC(=O)OCC(=O)N2CCC(c3ccccc3)=N2)nnc1-c1cccs1. The molecule has 0 atom stereocenters. The van der Waals surface area contributed by atoms with E-state index in [9.17, 15) is 9.59 Å². The molecule has 3 aromatic rings. The molecular formula is C21H21N5O3S2. The van der Waals surface area contributed by atoms with E-state index < -0.39 is 5.97 Å². The van der Waals surface area contributed by atoms with Crippen LogP contribution < -0.4 is 0 Å². The second-order valence-electron chi connectivity index (χ2n) is 6.66. The van der Waals surface area contributed by atoms with Crippen LogP contribution in [0.25, 0.3) is 10.7 Å². The van der Waals surface area contributed by atoms with Crippen molar-refractivity contribution in [3.05, 3.63) is 53.4 Å². The molecule has 0 saturated heterocycles. The Morgan fingerprint density at radius 1 is 1.16 bits per heavy atom. The topological polar surface area (TPSA) is 89.7 Å². The number of ether oxygens (including phenoxy) is 1. The minimum Gasteiger partial charge on any atom is -0.455 e. The van der Waals surface area contributed by atoms with E-state index in [0.29, 0.717) is 24.7 Å². The molecule has 4 rings (SSSR count). The maximum absolute atomic E-state index is 12.3. The van der Waals surface area contributed by atoms with Crippen molar-refractivity contribution < 1.29 is 14.3 Å². The third-order valence-electron chi connectivity index (χ3n) is 4.65. The summed E-state index contributed by atoms with van der Waals surface area (Å²) in [5.41, 5.74) is 1.85. The number of aromatic nitrogens is 3. The zero-order valence-electron chi connectivity index (χ0n) is 16.9. The van der Waals surface area contributed by atoms with Gasteiger partial charge in [0.25, 0.3) is 5.91 Å². The van der Waals surface area contributed by atoms with Crippen molar-refractivity contribution in [1.82, 2.24) is 19.8 Å². The van der Waals surface area contributed by atoms with Crippen LogP contribution in [0.2, 0.25) is 0 Å². The van der Waals surface area contributed by atoms with Gasteiger partial charge in [-0.25, -0.2) is 5.01 Å². The zero-order chi connectivity index (χ0) is 21.6. The number of hydrazone groups is 1. The van der Waals surface area contributed by atoms with Crippen LogP contribution in [0.1, 0.15) is 18.9 Å². The van der Waals surface area contributed by atoms with Gasteiger partial charge in [-0.05, 0) is 23.9 Å². The Labute approximate surface area is 187 Å². The molecular weight excluding hydrogens is 434 g/mol. The highest BCUT2D eigenvalue weighted by molar-refractivity contribution is 7.99. The first-order valence-corrected chi connectivity index (χ1v) is 11.7. The average molecular weight is 456 g/mol. The van der Waals surface area contributed by atoms with Crippen LogP contribution in [-0.4, -0.2) is 56.3 Å². The molecule has 1 aliphatic rings. The number of hydrogen-bond acceptors (Lipinski definition) is 8. The number of esters is 1. The van der Waals surface area contributed by atoms with Crippen molar-refractivity contribution in [3.8, 4) is 10.7 Å². The van der Waals surface area contributed by atoms with Crippen LogP contribution in [0.15, 0.2) is 58.1 Å². The smallest absolute Gasteiger partial charge is 0.316 e. The second-order valence-corrected chi connectivity index (χ2v) is 8.55. The Kier molecular flexibility index (Phi) is 6.78. The first kappa shape index (κ1) is 21.3. The predicted octanol–water partition coefficient (Wildman–Crippen LogP) is 3.30. The first-order valence-electron chi connectivity index (χ1n) is 9.84. The third kappa shape index (κ3) is 5.02. The monoisotopic (exact) mass is 455 g/mol. The van der Waals surface area contributed by atoms with Crippen molar-refractivity contribution in [2.75, 3.05) is 18.9 Å². The predicted molar refractivity (Wildman–Crippen MR) is 120 cm³/mol. The Morgan fingerprint density at radius 3 is 2.74 bits per heavy atom. The standard InChI is InChI=1S/C21H21N5O3S2/c1-2-25-20(17-9-6-12-30-17)22-23-21(25)31-14-19(28)29-13-18(27)26-11-10-16(24-26)15-7-4-3-5-8-15/h3-9,12H,2,10-11,13-14H2,1H3. The lowest BCUT2D eigenvalue weighted by Gasteiger charge is -2.11. The van der Waals surface area contributed by atoms with E-state index in [1.165, 1.54) is 16.8 Å². The summed E-state index contributed by atoms with van der Waals surface area (Å²) < 4.78 is 7.11. The minimum atomic E-state index is -0.479. The van der Waals surface area contributed by atoms with Crippen LogP contribution in [0.5, 0.6) is 0 Å². The Morgan fingerprint density at radius 2 is 2.00 bits per heavy atom. The average Bonchev–Trinajstić information content (AvgIpc) is 3.56. The fraction of sp³-hybridized carbons (Fsp3) is 0.286. The van der Waals surface area contributed by atoms with E-state index in [1.807, 2.05) is 59.3 Å². The van der Waals surface area contributed by atoms with Gasteiger partial charge in [-0.2, -0.15) is 5.10 Å². The number of rotatable bonds is 8. The lowest BCUT2D eigenvalue weighted by Crippen LogP contribution is -2.29. The first-order chi connectivity index (χ1) is 15.2. The van der Waals surface area contributed by atoms with Gasteiger partial charge < -0.3 is 9.30 Å². The van der Waals surface area contributed by atoms with Gasteiger partial charge in [0.2, 0.25) is 0 Å². The number of thioether (sulfide) groups is 1. The fourth-order valence-electron chi connectivity index (χ4n) is 3.12. The van der Waals surface area contributed by atoms with Gasteiger partial charge in [0, 0.05) is 13.0 Å². The largest absolute Gasteiger partial charge is 0.455 e. The lowest BCUT2D eigenvalue weighted by molar-refractivity contribution is -0.149. The van der Waals surface area contributed by atoms with Crippen molar-refractivity contribution in [3.63, 3.8) is 0 Å². The molecule has 1 aromatic carbocycles. The van der Waals surface area contributed by atoms with Gasteiger partial charge in [-0.15, -0.1) is 21.5 Å². The number of carbonyl (C=O) groups excluding carboxylic acids is 2. The molecule has 8 nitrogen and oxygen atoms in total. The molecule has 10 heteroatoms. The number of benzene rings is 1. The third-order valence-corrected chi connectivity index (χ3v) is 6.45. The fourth-order valence-corrected chi connectivity index (χ4v) is 4.64. The van der Waals surface area contributed by atoms with Gasteiger partial charge in [0.15, 0.2) is 17.6 Å². The van der Waals surface area contributed by atoms with Crippen LogP contribution >= 0.6 is 23.1 Å². The Balaban J connectivity index is 1.27. The van der Waals surface area contributed by atoms with Gasteiger partial charge in [0.1, 0.15) is 0 Å². The van der Waals surface area contributed by atoms with E-state index in [1.54, 1.807) is 11.3 Å². The van der Waals surface area contributed by atoms with E-state index in [4.69, 9.17) is 4.74 Å². The molecule has 2 aromatic heterocycles. The maximum Gasteiger partial charge on any atom is 0.316 e. The summed E-state index contributed by atoms with van der Waals surface area (Å²) in [5.74, 6) is 0.0211. The van der Waals surface area contributed by atoms with Crippen LogP contribution in [0, 0.1) is 0 Å². The van der Waals surface area contributed by atoms with Crippen LogP contribution in [-0.2, 0) is 20.9 Å². The molecule has 0 saturated carbocycles. The van der Waals surface area contributed by atoms with E-state index in [2.05, 4.69) is 15.3 Å². The van der Waals surface area contributed by atoms with Gasteiger partial charge in [-0.3, -0.25) is 9.59 Å². The summed E-state index contributed by atoms with van der Waals surface area (Å²) in [6.07, 6.45) is 0.679. The lowest BCUT2D eigenvalue weighted by atomic mass is 10.1. The molecule has 1 aliphatic heterocycles. The highest BCUT2D eigenvalue weighted by Crippen LogP contribution is 2.27. The summed E-state index contributed by atoms with van der Waals surface area (Å²) in [4.78, 5) is 25.5. The summed E-state index contributed by atoms with van der Waals surface area (Å²) in [6.45, 7) is 2.85. The quantitative estimate of drug-likeness (QED) is 0.382. The number of nitrogens with zero attached hydrogens (tertiary/aromatic N) is 5. The molecule has 0 N–H and O–H groups in total. The number of amides is 1. The molecule has 0 fully saturated rings. The van der Waals surface area contributed by atoms with Crippen molar-refractivity contribution in [2.24, 2.45) is 5.10 Å². The molecule has 0 spiro atoms. The molecule has 0 aliphatic carbocycles.